The highest BCUT2D eigenvalue weighted by molar-refractivity contribution is 5.93. The van der Waals surface area contributed by atoms with Gasteiger partial charge in [-0.3, -0.25) is 20.0 Å². The molecule has 204 valence electrons. The molecule has 4 heterocycles. The first-order valence-corrected chi connectivity index (χ1v) is 12.3. The van der Waals surface area contributed by atoms with Crippen molar-refractivity contribution in [1.82, 2.24) is 41.6 Å². The minimum Gasteiger partial charge on any atom is -0.441 e. The van der Waals surface area contributed by atoms with Crippen molar-refractivity contribution < 1.29 is 22.8 Å². The Hall–Kier alpha value is -4.43. The lowest BCUT2D eigenvalue weighted by atomic mass is 10.1. The monoisotopic (exact) mass is 539 g/mol. The normalized spacial score (nSPS) is 15.8. The second kappa shape index (κ2) is 11.5. The molecule has 12 nitrogen and oxygen atoms in total. The van der Waals surface area contributed by atoms with Crippen LogP contribution in [0.15, 0.2) is 58.2 Å². The van der Waals surface area contributed by atoms with Gasteiger partial charge in [-0.2, -0.15) is 8.78 Å². The number of hydrazine groups is 2. The smallest absolute Gasteiger partial charge is 0.329 e. The molecule has 1 atom stereocenters. The van der Waals surface area contributed by atoms with Gasteiger partial charge in [0, 0.05) is 44.7 Å². The molecule has 0 radical (unpaired) electrons. The van der Waals surface area contributed by atoms with Crippen molar-refractivity contribution >= 4 is 17.6 Å². The van der Waals surface area contributed by atoms with Crippen molar-refractivity contribution in [1.29, 1.82) is 0 Å². The molecule has 0 aliphatic carbocycles. The summed E-state index contributed by atoms with van der Waals surface area (Å²) in [6.45, 7) is 0.254. The Labute approximate surface area is 222 Å². The number of aromatic nitrogens is 2. The first kappa shape index (κ1) is 26.2. The van der Waals surface area contributed by atoms with Gasteiger partial charge in [-0.05, 0) is 17.7 Å². The quantitative estimate of drug-likeness (QED) is 0.236. The number of hydrazone groups is 1. The van der Waals surface area contributed by atoms with Crippen molar-refractivity contribution in [3.63, 3.8) is 0 Å². The van der Waals surface area contributed by atoms with E-state index in [4.69, 9.17) is 4.42 Å². The van der Waals surface area contributed by atoms with Gasteiger partial charge < -0.3 is 20.0 Å². The van der Waals surface area contributed by atoms with Crippen LogP contribution >= 0.6 is 0 Å². The predicted octanol–water partition coefficient (Wildman–Crippen LogP) is 1.56. The van der Waals surface area contributed by atoms with E-state index in [0.717, 1.165) is 11.3 Å². The van der Waals surface area contributed by atoms with E-state index in [2.05, 4.69) is 36.7 Å². The van der Waals surface area contributed by atoms with E-state index in [-0.39, 0.29) is 24.0 Å². The minimum absolute atomic E-state index is 0.0167. The van der Waals surface area contributed by atoms with Gasteiger partial charge in [-0.25, -0.2) is 10.5 Å². The van der Waals surface area contributed by atoms with E-state index in [1.165, 1.54) is 13.1 Å². The topological polar surface area (TPSA) is 140 Å². The van der Waals surface area contributed by atoms with Gasteiger partial charge in [0.15, 0.2) is 5.84 Å². The fraction of sp³-hybridized carbons (Fsp3) is 0.320. The van der Waals surface area contributed by atoms with Gasteiger partial charge in [-0.1, -0.05) is 35.4 Å². The number of benzene rings is 1. The molecule has 4 N–H and O–H groups in total. The maximum atomic E-state index is 13.0. The molecule has 39 heavy (non-hydrogen) atoms. The summed E-state index contributed by atoms with van der Waals surface area (Å²) in [6.07, 6.45) is 2.08. The van der Waals surface area contributed by atoms with Crippen LogP contribution in [0.25, 0.3) is 11.5 Å². The number of halogens is 2. The molecule has 0 fully saturated rings. The van der Waals surface area contributed by atoms with E-state index < -0.39 is 18.5 Å². The van der Waals surface area contributed by atoms with E-state index >= 15 is 0 Å². The molecule has 2 aliphatic rings. The number of hydrogen-bond donors (Lipinski definition) is 4. The van der Waals surface area contributed by atoms with Gasteiger partial charge >= 0.3 is 6.55 Å². The summed E-state index contributed by atoms with van der Waals surface area (Å²) in [4.78, 5) is 34.9. The lowest BCUT2D eigenvalue weighted by Crippen LogP contribution is -2.48. The molecule has 1 aromatic carbocycles. The van der Waals surface area contributed by atoms with E-state index in [1.807, 2.05) is 30.3 Å². The number of oxazole rings is 1. The van der Waals surface area contributed by atoms with Crippen molar-refractivity contribution in [2.45, 2.75) is 32.5 Å². The zero-order valence-electron chi connectivity index (χ0n) is 21.0. The largest absolute Gasteiger partial charge is 0.441 e. The number of pyridine rings is 1. The van der Waals surface area contributed by atoms with Crippen molar-refractivity contribution in [2.75, 3.05) is 19.6 Å². The minimum atomic E-state index is -2.79. The highest BCUT2D eigenvalue weighted by atomic mass is 19.3. The Balaban J connectivity index is 1.19. The van der Waals surface area contributed by atoms with Gasteiger partial charge in [0.05, 0.1) is 12.6 Å². The summed E-state index contributed by atoms with van der Waals surface area (Å²) in [5.74, 6) is 0.957. The molecule has 3 aromatic rings. The van der Waals surface area contributed by atoms with Crippen LogP contribution in [-0.2, 0) is 17.8 Å². The average molecular weight is 540 g/mol. The SMILES string of the molecule is CC(=O)N1CCc2oc(-c3ccnc(C(=O)NCCNC(C4=NNN(C(F)F)N4)c4ccccc4)c3)nc2C1. The Morgan fingerprint density at radius 1 is 1.18 bits per heavy atom. The summed E-state index contributed by atoms with van der Waals surface area (Å²) >= 11 is 0. The van der Waals surface area contributed by atoms with Crippen LogP contribution in [0.5, 0.6) is 0 Å². The summed E-state index contributed by atoms with van der Waals surface area (Å²) < 4.78 is 31.9. The number of fused-ring (bicyclic) bond motifs is 1. The fourth-order valence-corrected chi connectivity index (χ4v) is 4.28. The molecule has 0 bridgehead atoms. The third-order valence-corrected chi connectivity index (χ3v) is 6.29. The molecule has 0 saturated heterocycles. The van der Waals surface area contributed by atoms with Crippen LogP contribution < -0.4 is 21.6 Å². The van der Waals surface area contributed by atoms with E-state index in [9.17, 15) is 18.4 Å². The van der Waals surface area contributed by atoms with Crippen molar-refractivity contribution in [2.24, 2.45) is 5.10 Å². The number of nitrogens with zero attached hydrogens (tertiary/aromatic N) is 5. The molecule has 14 heteroatoms. The second-order valence-electron chi connectivity index (χ2n) is 8.92. The molecule has 2 aromatic heterocycles. The summed E-state index contributed by atoms with van der Waals surface area (Å²) in [5.41, 5.74) is 7.08. The Bertz CT molecular complexity index is 1370. The molecule has 2 amide bonds. The lowest BCUT2D eigenvalue weighted by molar-refractivity contribution is -0.129. The second-order valence-corrected chi connectivity index (χ2v) is 8.92. The van der Waals surface area contributed by atoms with Crippen LogP contribution in [0.4, 0.5) is 8.78 Å². The number of alkyl halides is 2. The van der Waals surface area contributed by atoms with Crippen LogP contribution in [0, 0.1) is 0 Å². The molecule has 2 aliphatic heterocycles. The highest BCUT2D eigenvalue weighted by Gasteiger charge is 2.29. The van der Waals surface area contributed by atoms with E-state index in [1.54, 1.807) is 17.0 Å². The molecule has 5 rings (SSSR count). The zero-order chi connectivity index (χ0) is 27.4. The van der Waals surface area contributed by atoms with Crippen LogP contribution in [0.3, 0.4) is 0 Å². The summed E-state index contributed by atoms with van der Waals surface area (Å²) in [5, 5.41) is 10.5. The van der Waals surface area contributed by atoms with Crippen molar-refractivity contribution in [3.8, 4) is 11.5 Å². The molecular formula is C25H27F2N9O3. The lowest BCUT2D eigenvalue weighted by Gasteiger charge is -2.23. The summed E-state index contributed by atoms with van der Waals surface area (Å²) in [7, 11) is 0. The van der Waals surface area contributed by atoms with Crippen molar-refractivity contribution in [3.05, 3.63) is 71.4 Å². The van der Waals surface area contributed by atoms with Crippen LogP contribution in [0.2, 0.25) is 0 Å². The molecule has 1 unspecified atom stereocenters. The van der Waals surface area contributed by atoms with E-state index in [0.29, 0.717) is 48.3 Å². The number of nitrogens with one attached hydrogen (secondary N) is 4. The molecular weight excluding hydrogens is 512 g/mol. The molecule has 0 saturated carbocycles. The van der Waals surface area contributed by atoms with Gasteiger partial charge in [0.1, 0.15) is 17.1 Å². The number of carbonyl (C=O) groups is 2. The number of hydrogen-bond acceptors (Lipinski definition) is 10. The number of rotatable bonds is 9. The summed E-state index contributed by atoms with van der Waals surface area (Å²) in [6, 6.07) is 12.0. The maximum absolute atomic E-state index is 13.0. The number of carbonyl (C=O) groups excluding carboxylic acids is 2. The van der Waals surface area contributed by atoms with Gasteiger partial charge in [-0.15, -0.1) is 5.10 Å². The average Bonchev–Trinajstić information content (AvgIpc) is 3.61. The van der Waals surface area contributed by atoms with Gasteiger partial charge in [0.25, 0.3) is 5.91 Å². The first-order valence-electron chi connectivity index (χ1n) is 12.3. The zero-order valence-corrected chi connectivity index (χ0v) is 21.0. The van der Waals surface area contributed by atoms with Gasteiger partial charge in [0.2, 0.25) is 11.8 Å². The Kier molecular flexibility index (Phi) is 7.74. The standard InChI is InChI=1S/C25H27F2N9O3/c1-15(37)35-12-8-20-19(14-35)31-24(39-20)17-7-9-28-18(13-17)23(38)30-11-10-29-21(16-5-3-2-4-6-16)22-32-34-36(33-22)25(26)27/h2-7,9,13,21,25,29,34H,8,10-12,14H2,1H3,(H,30,38)(H,32,33). The predicted molar refractivity (Wildman–Crippen MR) is 136 cm³/mol. The van der Waals surface area contributed by atoms with Crippen LogP contribution in [0.1, 0.15) is 40.5 Å². The number of amides is 2. The third-order valence-electron chi connectivity index (χ3n) is 6.29. The molecule has 0 spiro atoms. The highest BCUT2D eigenvalue weighted by Crippen LogP contribution is 2.26. The number of amidine groups is 1. The Morgan fingerprint density at radius 3 is 2.74 bits per heavy atom. The fourth-order valence-electron chi connectivity index (χ4n) is 4.28. The van der Waals surface area contributed by atoms with Crippen LogP contribution in [-0.4, -0.2) is 63.8 Å². The first-order chi connectivity index (χ1) is 18.9. The maximum Gasteiger partial charge on any atom is 0.329 e. The Morgan fingerprint density at radius 2 is 2.00 bits per heavy atom. The third kappa shape index (κ3) is 6.02.